The lowest BCUT2D eigenvalue weighted by molar-refractivity contribution is -0.383. The van der Waals surface area contributed by atoms with Crippen molar-refractivity contribution in [1.29, 1.82) is 0 Å². The molecule has 3 aromatic rings. The lowest BCUT2D eigenvalue weighted by Crippen LogP contribution is -2.06. The predicted molar refractivity (Wildman–Crippen MR) is 95.7 cm³/mol. The number of pyridine rings is 1. The zero-order chi connectivity index (χ0) is 17.8. The van der Waals surface area contributed by atoms with E-state index in [1.807, 2.05) is 31.2 Å². The first kappa shape index (κ1) is 16.6. The first-order chi connectivity index (χ1) is 12.1. The van der Waals surface area contributed by atoms with Gasteiger partial charge >= 0.3 is 5.69 Å². The highest BCUT2D eigenvalue weighted by molar-refractivity contribution is 6.32. The molecule has 0 spiro atoms. The minimum absolute atomic E-state index is 0.0194. The van der Waals surface area contributed by atoms with Gasteiger partial charge in [-0.05, 0) is 30.7 Å². The number of nitro groups is 1. The summed E-state index contributed by atoms with van der Waals surface area (Å²) >= 11 is 5.99. The van der Waals surface area contributed by atoms with Gasteiger partial charge in [-0.15, -0.1) is 0 Å². The largest absolute Gasteiger partial charge is 0.353 e. The van der Waals surface area contributed by atoms with Crippen molar-refractivity contribution in [2.24, 2.45) is 0 Å². The molecule has 0 amide bonds. The normalized spacial score (nSPS) is 10.3. The van der Waals surface area contributed by atoms with Gasteiger partial charge < -0.3 is 10.6 Å². The molecule has 2 heterocycles. The molecule has 0 saturated carbocycles. The summed E-state index contributed by atoms with van der Waals surface area (Å²) in [6.45, 7) is 1.89. The van der Waals surface area contributed by atoms with Crippen LogP contribution in [-0.4, -0.2) is 19.9 Å². The number of nitrogens with zero attached hydrogens (tertiary/aromatic N) is 4. The highest BCUT2D eigenvalue weighted by Crippen LogP contribution is 2.34. The zero-order valence-electron chi connectivity index (χ0n) is 13.1. The first-order valence-corrected chi connectivity index (χ1v) is 7.63. The van der Waals surface area contributed by atoms with Crippen molar-refractivity contribution in [3.63, 3.8) is 0 Å². The van der Waals surface area contributed by atoms with Crippen LogP contribution in [0.15, 0.2) is 48.9 Å². The van der Waals surface area contributed by atoms with Crippen molar-refractivity contribution in [1.82, 2.24) is 15.0 Å². The van der Waals surface area contributed by atoms with Crippen molar-refractivity contribution >= 4 is 40.3 Å². The number of hydrogen-bond donors (Lipinski definition) is 2. The van der Waals surface area contributed by atoms with Crippen LogP contribution in [0.25, 0.3) is 0 Å². The molecular weight excluding hydrogens is 344 g/mol. The van der Waals surface area contributed by atoms with E-state index in [-0.39, 0.29) is 22.5 Å². The molecule has 2 aromatic heterocycles. The molecule has 0 saturated heterocycles. The van der Waals surface area contributed by atoms with Gasteiger partial charge in [0.25, 0.3) is 0 Å². The summed E-state index contributed by atoms with van der Waals surface area (Å²) in [4.78, 5) is 22.9. The Morgan fingerprint density at radius 1 is 1.00 bits per heavy atom. The lowest BCUT2D eigenvalue weighted by Gasteiger charge is -2.11. The molecule has 0 unspecified atom stereocenters. The van der Waals surface area contributed by atoms with E-state index >= 15 is 0 Å². The highest BCUT2D eigenvalue weighted by Gasteiger charge is 2.24. The Hall–Kier alpha value is -3.26. The molecular formula is C16H13ClN6O2. The Labute approximate surface area is 148 Å². The summed E-state index contributed by atoms with van der Waals surface area (Å²) in [5, 5.41) is 17.6. The number of benzene rings is 1. The zero-order valence-corrected chi connectivity index (χ0v) is 13.9. The molecule has 25 heavy (non-hydrogen) atoms. The number of nitrogens with one attached hydrogen (secondary N) is 2. The predicted octanol–water partition coefficient (Wildman–Crippen LogP) is 4.23. The average molecular weight is 357 g/mol. The standard InChI is InChI=1S/C16H13ClN6O2/c1-10-5-2-3-6-11(10)21-15-13(23(24)25)16(20-9-19-15)22-12-7-4-8-18-14(12)17/h2-9H,1H3,(H2,19,20,21,22). The smallest absolute Gasteiger partial charge is 0.334 e. The topological polar surface area (TPSA) is 106 Å². The quantitative estimate of drug-likeness (QED) is 0.400. The molecule has 2 N–H and O–H groups in total. The number of rotatable bonds is 5. The van der Waals surface area contributed by atoms with Crippen molar-refractivity contribution in [3.8, 4) is 0 Å². The van der Waals surface area contributed by atoms with E-state index in [1.165, 1.54) is 12.5 Å². The molecule has 3 rings (SSSR count). The summed E-state index contributed by atoms with van der Waals surface area (Å²) in [7, 11) is 0. The molecule has 1 aromatic carbocycles. The van der Waals surface area contributed by atoms with Crippen molar-refractivity contribution in [2.75, 3.05) is 10.6 Å². The third-order valence-electron chi connectivity index (χ3n) is 3.42. The van der Waals surface area contributed by atoms with Gasteiger partial charge in [0.05, 0.1) is 10.6 Å². The molecule has 0 aliphatic carbocycles. The van der Waals surface area contributed by atoms with Gasteiger partial charge in [0.1, 0.15) is 6.33 Å². The fourth-order valence-corrected chi connectivity index (χ4v) is 2.35. The van der Waals surface area contributed by atoms with E-state index in [9.17, 15) is 10.1 Å². The monoisotopic (exact) mass is 356 g/mol. The maximum Gasteiger partial charge on any atom is 0.353 e. The number of anilines is 4. The number of hydrogen-bond acceptors (Lipinski definition) is 7. The Morgan fingerprint density at radius 2 is 1.64 bits per heavy atom. The molecule has 0 fully saturated rings. The Bertz CT molecular complexity index is 868. The van der Waals surface area contributed by atoms with E-state index in [0.717, 1.165) is 11.3 Å². The summed E-state index contributed by atoms with van der Waals surface area (Å²) in [6.07, 6.45) is 2.76. The summed E-state index contributed by atoms with van der Waals surface area (Å²) < 4.78 is 0. The second-order valence-electron chi connectivity index (χ2n) is 5.08. The van der Waals surface area contributed by atoms with Crippen LogP contribution in [0.5, 0.6) is 0 Å². The maximum atomic E-state index is 11.6. The van der Waals surface area contributed by atoms with Gasteiger partial charge in [0, 0.05) is 11.9 Å². The minimum atomic E-state index is -0.548. The third kappa shape index (κ3) is 3.64. The van der Waals surface area contributed by atoms with Crippen LogP contribution in [0.3, 0.4) is 0 Å². The fourth-order valence-electron chi connectivity index (χ4n) is 2.18. The van der Waals surface area contributed by atoms with E-state index in [2.05, 4.69) is 25.6 Å². The molecule has 8 nitrogen and oxygen atoms in total. The van der Waals surface area contributed by atoms with E-state index in [4.69, 9.17) is 11.6 Å². The summed E-state index contributed by atoms with van der Waals surface area (Å²) in [5.41, 5.74) is 1.77. The number of aryl methyl sites for hydroxylation is 1. The van der Waals surface area contributed by atoms with Crippen molar-refractivity contribution in [2.45, 2.75) is 6.92 Å². The number of halogens is 1. The first-order valence-electron chi connectivity index (χ1n) is 7.26. The van der Waals surface area contributed by atoms with Crippen LogP contribution < -0.4 is 10.6 Å². The molecule has 0 radical (unpaired) electrons. The molecule has 9 heteroatoms. The van der Waals surface area contributed by atoms with Crippen LogP contribution in [0.1, 0.15) is 5.56 Å². The molecule has 0 aliphatic heterocycles. The van der Waals surface area contributed by atoms with Crippen molar-refractivity contribution in [3.05, 3.63) is 69.8 Å². The van der Waals surface area contributed by atoms with Crippen LogP contribution in [0.2, 0.25) is 5.15 Å². The highest BCUT2D eigenvalue weighted by atomic mass is 35.5. The Kier molecular flexibility index (Phi) is 4.71. The minimum Gasteiger partial charge on any atom is -0.334 e. The van der Waals surface area contributed by atoms with E-state index < -0.39 is 4.92 Å². The van der Waals surface area contributed by atoms with Crippen LogP contribution >= 0.6 is 11.6 Å². The van der Waals surface area contributed by atoms with Crippen LogP contribution in [0, 0.1) is 17.0 Å². The second-order valence-corrected chi connectivity index (χ2v) is 5.44. The van der Waals surface area contributed by atoms with Gasteiger partial charge in [0.2, 0.25) is 11.6 Å². The average Bonchev–Trinajstić information content (AvgIpc) is 2.59. The SMILES string of the molecule is Cc1ccccc1Nc1ncnc(Nc2cccnc2Cl)c1[N+](=O)[O-]. The third-order valence-corrected chi connectivity index (χ3v) is 3.72. The molecule has 0 atom stereocenters. The van der Waals surface area contributed by atoms with Gasteiger partial charge in [0.15, 0.2) is 5.15 Å². The van der Waals surface area contributed by atoms with Gasteiger partial charge in [-0.25, -0.2) is 15.0 Å². The number of para-hydroxylation sites is 1. The van der Waals surface area contributed by atoms with Crippen LogP contribution in [0.4, 0.5) is 28.7 Å². The molecule has 0 bridgehead atoms. The molecule has 126 valence electrons. The van der Waals surface area contributed by atoms with Gasteiger partial charge in [-0.1, -0.05) is 29.8 Å². The Morgan fingerprint density at radius 3 is 2.28 bits per heavy atom. The lowest BCUT2D eigenvalue weighted by atomic mass is 10.2. The van der Waals surface area contributed by atoms with Crippen LogP contribution in [-0.2, 0) is 0 Å². The molecule has 0 aliphatic rings. The Balaban J connectivity index is 2.02. The fraction of sp³-hybridized carbons (Fsp3) is 0.0625. The van der Waals surface area contributed by atoms with Gasteiger partial charge in [-0.3, -0.25) is 10.1 Å². The maximum absolute atomic E-state index is 11.6. The van der Waals surface area contributed by atoms with E-state index in [1.54, 1.807) is 12.1 Å². The number of aromatic nitrogens is 3. The van der Waals surface area contributed by atoms with Crippen molar-refractivity contribution < 1.29 is 4.92 Å². The summed E-state index contributed by atoms with van der Waals surface area (Å²) in [6, 6.07) is 10.7. The second kappa shape index (κ2) is 7.10. The van der Waals surface area contributed by atoms with Gasteiger partial charge in [-0.2, -0.15) is 0 Å². The summed E-state index contributed by atoms with van der Waals surface area (Å²) in [5.74, 6) is 0.0998. The van der Waals surface area contributed by atoms with E-state index in [0.29, 0.717) is 5.69 Å².